The van der Waals surface area contributed by atoms with Crippen molar-refractivity contribution in [1.82, 2.24) is 9.47 Å². The van der Waals surface area contributed by atoms with Gasteiger partial charge in [-0.05, 0) is 25.0 Å². The van der Waals surface area contributed by atoms with Gasteiger partial charge in [-0.3, -0.25) is 4.79 Å². The molecule has 110 valence electrons. The summed E-state index contributed by atoms with van der Waals surface area (Å²) in [4.78, 5) is 25.2. The maximum atomic E-state index is 12.2. The molecule has 1 aromatic rings. The molecular weight excluding hydrogens is 256 g/mol. The highest BCUT2D eigenvalue weighted by atomic mass is 16.4. The first-order valence-corrected chi connectivity index (χ1v) is 7.00. The molecule has 2 rings (SSSR count). The van der Waals surface area contributed by atoms with Crippen molar-refractivity contribution in [2.45, 2.75) is 39.7 Å². The number of carbonyl (C=O) groups is 2. The first-order chi connectivity index (χ1) is 9.30. The Morgan fingerprint density at radius 3 is 2.35 bits per heavy atom. The van der Waals surface area contributed by atoms with Crippen LogP contribution in [-0.4, -0.2) is 39.5 Å². The molecule has 0 saturated carbocycles. The number of amides is 1. The van der Waals surface area contributed by atoms with Crippen LogP contribution in [0.15, 0.2) is 18.3 Å². The van der Waals surface area contributed by atoms with E-state index in [4.69, 9.17) is 5.11 Å². The van der Waals surface area contributed by atoms with Crippen molar-refractivity contribution in [2.24, 2.45) is 5.41 Å². The Labute approximate surface area is 119 Å². The molecule has 5 nitrogen and oxygen atoms in total. The van der Waals surface area contributed by atoms with Crippen molar-refractivity contribution in [1.29, 1.82) is 0 Å². The molecule has 0 aliphatic carbocycles. The number of piperidine rings is 1. The third-order valence-electron chi connectivity index (χ3n) is 3.78. The highest BCUT2D eigenvalue weighted by molar-refractivity contribution is 5.86. The van der Waals surface area contributed by atoms with E-state index >= 15 is 0 Å². The van der Waals surface area contributed by atoms with Crippen LogP contribution in [0.4, 0.5) is 0 Å². The molecule has 2 heterocycles. The summed E-state index contributed by atoms with van der Waals surface area (Å²) in [6.45, 7) is 7.16. The van der Waals surface area contributed by atoms with E-state index in [1.807, 2.05) is 36.4 Å². The minimum atomic E-state index is -0.900. The Morgan fingerprint density at radius 1 is 1.25 bits per heavy atom. The van der Waals surface area contributed by atoms with Crippen molar-refractivity contribution in [2.75, 3.05) is 13.1 Å². The van der Waals surface area contributed by atoms with E-state index in [1.54, 1.807) is 12.1 Å². The Hall–Kier alpha value is -1.78. The van der Waals surface area contributed by atoms with Gasteiger partial charge < -0.3 is 14.6 Å². The third kappa shape index (κ3) is 2.86. The molecule has 1 aliphatic rings. The quantitative estimate of drug-likeness (QED) is 0.903. The summed E-state index contributed by atoms with van der Waals surface area (Å²) < 4.78 is 1.82. The lowest BCUT2D eigenvalue weighted by atomic mass is 9.93. The fraction of sp³-hybridized carbons (Fsp3) is 0.600. The molecule has 1 amide bonds. The van der Waals surface area contributed by atoms with Gasteiger partial charge in [-0.15, -0.1) is 0 Å². The summed E-state index contributed by atoms with van der Waals surface area (Å²) in [5.74, 6) is -0.731. The SMILES string of the molecule is CC(C)(C)C(=O)N1CCC(n2cccc2C(=O)O)CC1. The maximum Gasteiger partial charge on any atom is 0.352 e. The van der Waals surface area contributed by atoms with Gasteiger partial charge >= 0.3 is 5.97 Å². The van der Waals surface area contributed by atoms with Gasteiger partial charge in [0.1, 0.15) is 5.69 Å². The van der Waals surface area contributed by atoms with E-state index in [9.17, 15) is 9.59 Å². The predicted octanol–water partition coefficient (Wildman–Crippen LogP) is 2.40. The smallest absolute Gasteiger partial charge is 0.352 e. The first-order valence-electron chi connectivity index (χ1n) is 7.00. The molecule has 20 heavy (non-hydrogen) atoms. The zero-order valence-electron chi connectivity index (χ0n) is 12.3. The number of carboxylic acids is 1. The molecule has 1 fully saturated rings. The maximum absolute atomic E-state index is 12.2. The summed E-state index contributed by atoms with van der Waals surface area (Å²) in [5, 5.41) is 9.15. The molecule has 1 N–H and O–H groups in total. The summed E-state index contributed by atoms with van der Waals surface area (Å²) in [7, 11) is 0. The topological polar surface area (TPSA) is 62.5 Å². The molecule has 1 aromatic heterocycles. The van der Waals surface area contributed by atoms with Crippen LogP contribution < -0.4 is 0 Å². The number of hydrogen-bond donors (Lipinski definition) is 1. The number of aromatic nitrogens is 1. The molecule has 0 bridgehead atoms. The number of nitrogens with zero attached hydrogens (tertiary/aromatic N) is 2. The van der Waals surface area contributed by atoms with E-state index < -0.39 is 5.97 Å². The molecule has 5 heteroatoms. The minimum Gasteiger partial charge on any atom is -0.477 e. The van der Waals surface area contributed by atoms with Crippen LogP contribution in [0, 0.1) is 5.41 Å². The lowest BCUT2D eigenvalue weighted by molar-refractivity contribution is -0.140. The number of hydrogen-bond acceptors (Lipinski definition) is 2. The molecular formula is C15H22N2O3. The van der Waals surface area contributed by atoms with Gasteiger partial charge in [0.15, 0.2) is 0 Å². The third-order valence-corrected chi connectivity index (χ3v) is 3.78. The zero-order valence-corrected chi connectivity index (χ0v) is 12.3. The summed E-state index contributed by atoms with van der Waals surface area (Å²) in [6.07, 6.45) is 3.42. The van der Waals surface area contributed by atoms with Crippen molar-refractivity contribution in [3.05, 3.63) is 24.0 Å². The number of carbonyl (C=O) groups excluding carboxylic acids is 1. The number of rotatable bonds is 2. The molecule has 1 aliphatic heterocycles. The number of carboxylic acid groups (broad SMARTS) is 1. The second-order valence-corrected chi connectivity index (χ2v) is 6.38. The van der Waals surface area contributed by atoms with Crippen LogP contribution in [0.1, 0.15) is 50.1 Å². The standard InChI is InChI=1S/C15H22N2O3/c1-15(2,3)14(20)16-9-6-11(7-10-16)17-8-4-5-12(17)13(18)19/h4-5,8,11H,6-7,9-10H2,1-3H3,(H,18,19). The predicted molar refractivity (Wildman–Crippen MR) is 75.7 cm³/mol. The average Bonchev–Trinajstić information content (AvgIpc) is 2.86. The highest BCUT2D eigenvalue weighted by Crippen LogP contribution is 2.27. The van der Waals surface area contributed by atoms with E-state index in [2.05, 4.69) is 0 Å². The molecule has 0 radical (unpaired) electrons. The Kier molecular flexibility index (Phi) is 3.88. The average molecular weight is 278 g/mol. The van der Waals surface area contributed by atoms with E-state index in [0.717, 1.165) is 12.8 Å². The van der Waals surface area contributed by atoms with Crippen molar-refractivity contribution < 1.29 is 14.7 Å². The lowest BCUT2D eigenvalue weighted by Crippen LogP contribution is -2.44. The van der Waals surface area contributed by atoms with E-state index in [1.165, 1.54) is 0 Å². The van der Waals surface area contributed by atoms with Crippen LogP contribution in [0.5, 0.6) is 0 Å². The van der Waals surface area contributed by atoms with Crippen LogP contribution in [0.3, 0.4) is 0 Å². The normalized spacial score (nSPS) is 17.2. The van der Waals surface area contributed by atoms with Crippen molar-refractivity contribution in [3.63, 3.8) is 0 Å². The molecule has 1 saturated heterocycles. The van der Waals surface area contributed by atoms with Gasteiger partial charge in [0, 0.05) is 30.7 Å². The zero-order chi connectivity index (χ0) is 14.9. The number of aromatic carboxylic acids is 1. The van der Waals surface area contributed by atoms with Crippen LogP contribution >= 0.6 is 0 Å². The van der Waals surface area contributed by atoms with Gasteiger partial charge in [0.2, 0.25) is 5.91 Å². The first kappa shape index (κ1) is 14.6. The highest BCUT2D eigenvalue weighted by Gasteiger charge is 2.31. The largest absolute Gasteiger partial charge is 0.477 e. The van der Waals surface area contributed by atoms with Gasteiger partial charge in [0.25, 0.3) is 0 Å². The Balaban J connectivity index is 2.03. The molecule has 0 spiro atoms. The Morgan fingerprint density at radius 2 is 1.85 bits per heavy atom. The lowest BCUT2D eigenvalue weighted by Gasteiger charge is -2.36. The van der Waals surface area contributed by atoms with E-state index in [0.29, 0.717) is 18.8 Å². The Bertz CT molecular complexity index is 505. The van der Waals surface area contributed by atoms with Crippen LogP contribution in [0.25, 0.3) is 0 Å². The monoisotopic (exact) mass is 278 g/mol. The summed E-state index contributed by atoms with van der Waals surface area (Å²) in [6, 6.07) is 3.55. The van der Waals surface area contributed by atoms with Crippen LogP contribution in [0.2, 0.25) is 0 Å². The van der Waals surface area contributed by atoms with Crippen molar-refractivity contribution >= 4 is 11.9 Å². The molecule has 0 unspecified atom stereocenters. The molecule has 0 atom stereocenters. The van der Waals surface area contributed by atoms with Crippen LogP contribution in [-0.2, 0) is 4.79 Å². The minimum absolute atomic E-state index is 0.167. The molecule has 0 aromatic carbocycles. The second kappa shape index (κ2) is 5.31. The second-order valence-electron chi connectivity index (χ2n) is 6.38. The van der Waals surface area contributed by atoms with Crippen molar-refractivity contribution in [3.8, 4) is 0 Å². The van der Waals surface area contributed by atoms with Gasteiger partial charge in [0.05, 0.1) is 0 Å². The van der Waals surface area contributed by atoms with Gasteiger partial charge in [-0.25, -0.2) is 4.79 Å². The fourth-order valence-corrected chi connectivity index (χ4v) is 2.71. The summed E-state index contributed by atoms with van der Waals surface area (Å²) >= 11 is 0. The van der Waals surface area contributed by atoms with Gasteiger partial charge in [-0.2, -0.15) is 0 Å². The van der Waals surface area contributed by atoms with E-state index in [-0.39, 0.29) is 17.4 Å². The number of likely N-dealkylation sites (tertiary alicyclic amines) is 1. The summed E-state index contributed by atoms with van der Waals surface area (Å²) in [5.41, 5.74) is -0.0300. The van der Waals surface area contributed by atoms with Gasteiger partial charge in [-0.1, -0.05) is 20.8 Å². The fourth-order valence-electron chi connectivity index (χ4n) is 2.71.